The van der Waals surface area contributed by atoms with E-state index in [1.54, 1.807) is 16.9 Å². The van der Waals surface area contributed by atoms with Crippen molar-refractivity contribution >= 4 is 11.8 Å². The highest BCUT2D eigenvalue weighted by molar-refractivity contribution is 5.85. The molecule has 0 fully saturated rings. The van der Waals surface area contributed by atoms with E-state index in [2.05, 4.69) is 0 Å². The van der Waals surface area contributed by atoms with Gasteiger partial charge < -0.3 is 19.0 Å². The Balaban J connectivity index is 2.79. The van der Waals surface area contributed by atoms with E-state index in [9.17, 15) is 9.59 Å². The van der Waals surface area contributed by atoms with Crippen LogP contribution in [-0.2, 0) is 20.9 Å². The van der Waals surface area contributed by atoms with Gasteiger partial charge in [-0.15, -0.1) is 0 Å². The maximum Gasteiger partial charge on any atom is 0.242 e. The summed E-state index contributed by atoms with van der Waals surface area (Å²) in [5.41, 5.74) is 0. The molecule has 1 rings (SSSR count). The molecule has 136 valence electrons. The fraction of sp³-hybridized carbons (Fsp3) is 0.667. The summed E-state index contributed by atoms with van der Waals surface area (Å²) in [7, 11) is 1.60. The Kier molecular flexibility index (Phi) is 8.54. The standard InChI is InChI=1S/C18H30N2O4/c1-6-7-17(21)20(14(2)3)13-18(22)19(10-11-23-5)12-16-9-8-15(4)24-16/h8-9,14H,6-7,10-13H2,1-5H3. The Labute approximate surface area is 144 Å². The third-order valence-electron chi connectivity index (χ3n) is 3.77. The molecule has 0 N–H and O–H groups in total. The van der Waals surface area contributed by atoms with Crippen LogP contribution in [0.4, 0.5) is 0 Å². The first-order valence-electron chi connectivity index (χ1n) is 8.50. The van der Waals surface area contributed by atoms with Crippen LogP contribution < -0.4 is 0 Å². The number of hydrogen-bond acceptors (Lipinski definition) is 4. The van der Waals surface area contributed by atoms with E-state index in [-0.39, 0.29) is 24.4 Å². The normalized spacial score (nSPS) is 10.9. The third kappa shape index (κ3) is 6.35. The van der Waals surface area contributed by atoms with Crippen molar-refractivity contribution in [3.05, 3.63) is 23.7 Å². The Morgan fingerprint density at radius 1 is 1.25 bits per heavy atom. The Bertz CT molecular complexity index is 525. The maximum absolute atomic E-state index is 12.7. The lowest BCUT2D eigenvalue weighted by molar-refractivity contribution is -0.142. The van der Waals surface area contributed by atoms with Gasteiger partial charge in [-0.1, -0.05) is 6.92 Å². The quantitative estimate of drug-likeness (QED) is 0.658. The smallest absolute Gasteiger partial charge is 0.242 e. The minimum atomic E-state index is -0.0979. The summed E-state index contributed by atoms with van der Waals surface area (Å²) in [6, 6.07) is 3.73. The zero-order chi connectivity index (χ0) is 18.1. The van der Waals surface area contributed by atoms with Crippen LogP contribution in [0, 0.1) is 6.92 Å². The first-order valence-corrected chi connectivity index (χ1v) is 8.50. The molecule has 0 aliphatic rings. The molecule has 0 bridgehead atoms. The van der Waals surface area contributed by atoms with Crippen molar-refractivity contribution in [1.82, 2.24) is 9.80 Å². The van der Waals surface area contributed by atoms with E-state index < -0.39 is 0 Å². The number of ether oxygens (including phenoxy) is 1. The minimum absolute atomic E-state index is 0.0110. The third-order valence-corrected chi connectivity index (χ3v) is 3.77. The molecule has 0 radical (unpaired) electrons. The second-order valence-electron chi connectivity index (χ2n) is 6.19. The molecule has 6 heteroatoms. The monoisotopic (exact) mass is 338 g/mol. The molecule has 6 nitrogen and oxygen atoms in total. The first-order chi connectivity index (χ1) is 11.4. The van der Waals surface area contributed by atoms with Crippen molar-refractivity contribution in [2.24, 2.45) is 0 Å². The molecule has 1 aromatic rings. The molecule has 1 aromatic heterocycles. The number of carbonyl (C=O) groups is 2. The van der Waals surface area contributed by atoms with Crippen LogP contribution in [0.3, 0.4) is 0 Å². The number of rotatable bonds is 10. The number of methoxy groups -OCH3 is 1. The molecular formula is C18H30N2O4. The average molecular weight is 338 g/mol. The zero-order valence-electron chi connectivity index (χ0n) is 15.5. The predicted octanol–water partition coefficient (Wildman–Crippen LogP) is 2.60. The van der Waals surface area contributed by atoms with Gasteiger partial charge in [-0.05, 0) is 39.3 Å². The molecule has 1 heterocycles. The van der Waals surface area contributed by atoms with E-state index in [4.69, 9.17) is 9.15 Å². The van der Waals surface area contributed by atoms with E-state index in [0.717, 1.165) is 17.9 Å². The van der Waals surface area contributed by atoms with Crippen molar-refractivity contribution < 1.29 is 18.7 Å². The van der Waals surface area contributed by atoms with E-state index in [1.807, 2.05) is 39.8 Å². The molecule has 2 amide bonds. The van der Waals surface area contributed by atoms with Crippen LogP contribution in [0.1, 0.15) is 45.1 Å². The number of carbonyl (C=O) groups excluding carboxylic acids is 2. The van der Waals surface area contributed by atoms with Crippen molar-refractivity contribution in [3.63, 3.8) is 0 Å². The summed E-state index contributed by atoms with van der Waals surface area (Å²) in [6.07, 6.45) is 1.23. The molecule has 0 spiro atoms. The molecule has 0 saturated heterocycles. The van der Waals surface area contributed by atoms with Crippen molar-refractivity contribution in [2.75, 3.05) is 26.8 Å². The highest BCUT2D eigenvalue weighted by Crippen LogP contribution is 2.11. The van der Waals surface area contributed by atoms with Gasteiger partial charge in [-0.2, -0.15) is 0 Å². The molecule has 24 heavy (non-hydrogen) atoms. The number of amides is 2. The number of nitrogens with zero attached hydrogens (tertiary/aromatic N) is 2. The summed E-state index contributed by atoms with van der Waals surface area (Å²) >= 11 is 0. The van der Waals surface area contributed by atoms with Gasteiger partial charge in [-0.3, -0.25) is 9.59 Å². The van der Waals surface area contributed by atoms with Crippen LogP contribution >= 0.6 is 0 Å². The van der Waals surface area contributed by atoms with E-state index >= 15 is 0 Å². The van der Waals surface area contributed by atoms with Gasteiger partial charge in [0.2, 0.25) is 11.8 Å². The maximum atomic E-state index is 12.7. The van der Waals surface area contributed by atoms with Gasteiger partial charge in [0.1, 0.15) is 11.5 Å². The van der Waals surface area contributed by atoms with Crippen LogP contribution in [0.25, 0.3) is 0 Å². The zero-order valence-corrected chi connectivity index (χ0v) is 15.5. The van der Waals surface area contributed by atoms with Gasteiger partial charge in [0, 0.05) is 26.1 Å². The van der Waals surface area contributed by atoms with Gasteiger partial charge >= 0.3 is 0 Å². The molecular weight excluding hydrogens is 308 g/mol. The van der Waals surface area contributed by atoms with Crippen molar-refractivity contribution in [2.45, 2.75) is 53.1 Å². The summed E-state index contributed by atoms with van der Waals surface area (Å²) < 4.78 is 10.7. The Hall–Kier alpha value is -1.82. The van der Waals surface area contributed by atoms with Crippen LogP contribution in [0.5, 0.6) is 0 Å². The van der Waals surface area contributed by atoms with Crippen LogP contribution in [0.2, 0.25) is 0 Å². The van der Waals surface area contributed by atoms with Gasteiger partial charge in [0.05, 0.1) is 19.7 Å². The fourth-order valence-corrected chi connectivity index (χ4v) is 2.41. The predicted molar refractivity (Wildman–Crippen MR) is 92.5 cm³/mol. The van der Waals surface area contributed by atoms with Crippen LogP contribution in [0.15, 0.2) is 16.5 Å². The SMILES string of the molecule is CCCC(=O)N(CC(=O)N(CCOC)Cc1ccc(C)o1)C(C)C. The first kappa shape index (κ1) is 20.2. The summed E-state index contributed by atoms with van der Waals surface area (Å²) in [5.74, 6) is 1.46. The van der Waals surface area contributed by atoms with E-state index in [1.165, 1.54) is 0 Å². The van der Waals surface area contributed by atoms with Crippen LogP contribution in [-0.4, -0.2) is 54.5 Å². The fourth-order valence-electron chi connectivity index (χ4n) is 2.41. The number of furan rings is 1. The Morgan fingerprint density at radius 3 is 2.46 bits per heavy atom. The summed E-state index contributed by atoms with van der Waals surface area (Å²) in [4.78, 5) is 28.3. The average Bonchev–Trinajstić information content (AvgIpc) is 2.93. The summed E-state index contributed by atoms with van der Waals surface area (Å²) in [5, 5.41) is 0. The molecule has 0 saturated carbocycles. The lowest BCUT2D eigenvalue weighted by atomic mass is 10.2. The minimum Gasteiger partial charge on any atom is -0.464 e. The van der Waals surface area contributed by atoms with Gasteiger partial charge in [0.25, 0.3) is 0 Å². The molecule has 0 atom stereocenters. The summed E-state index contributed by atoms with van der Waals surface area (Å²) in [6.45, 7) is 9.05. The number of aryl methyl sites for hydroxylation is 1. The highest BCUT2D eigenvalue weighted by Gasteiger charge is 2.23. The highest BCUT2D eigenvalue weighted by atomic mass is 16.5. The topological polar surface area (TPSA) is 63.0 Å². The van der Waals surface area contributed by atoms with Gasteiger partial charge in [-0.25, -0.2) is 0 Å². The Morgan fingerprint density at radius 2 is 1.96 bits per heavy atom. The van der Waals surface area contributed by atoms with Crippen molar-refractivity contribution in [1.29, 1.82) is 0 Å². The molecule has 0 unspecified atom stereocenters. The second kappa shape index (κ2) is 10.1. The molecule has 0 aliphatic carbocycles. The second-order valence-corrected chi connectivity index (χ2v) is 6.19. The number of hydrogen-bond donors (Lipinski definition) is 0. The van der Waals surface area contributed by atoms with Gasteiger partial charge in [0.15, 0.2) is 0 Å². The molecule has 0 aromatic carbocycles. The van der Waals surface area contributed by atoms with Crippen molar-refractivity contribution in [3.8, 4) is 0 Å². The lowest BCUT2D eigenvalue weighted by Crippen LogP contribution is -2.46. The lowest BCUT2D eigenvalue weighted by Gasteiger charge is -2.29. The van der Waals surface area contributed by atoms with E-state index in [0.29, 0.717) is 26.1 Å². The largest absolute Gasteiger partial charge is 0.464 e. The molecule has 0 aliphatic heterocycles.